The number of benzene rings is 1. The lowest BCUT2D eigenvalue weighted by molar-refractivity contribution is -0.117. The van der Waals surface area contributed by atoms with E-state index in [-0.39, 0.29) is 19.0 Å². The molecule has 5 nitrogen and oxygen atoms in total. The molecule has 0 aliphatic carbocycles. The molecule has 1 aliphatic rings. The van der Waals surface area contributed by atoms with Crippen LogP contribution >= 0.6 is 0 Å². The number of carbonyl (C=O) groups excluding carboxylic acids is 1. The molecule has 1 amide bonds. The van der Waals surface area contributed by atoms with Gasteiger partial charge < -0.3 is 20.3 Å². The molecule has 0 saturated heterocycles. The van der Waals surface area contributed by atoms with Gasteiger partial charge in [-0.3, -0.25) is 4.79 Å². The lowest BCUT2D eigenvalue weighted by Gasteiger charge is -2.11. The van der Waals surface area contributed by atoms with E-state index in [1.54, 1.807) is 6.07 Å². The summed E-state index contributed by atoms with van der Waals surface area (Å²) in [5.41, 5.74) is 6.69. The first-order valence-electron chi connectivity index (χ1n) is 7.05. The van der Waals surface area contributed by atoms with Crippen molar-refractivity contribution in [3.63, 3.8) is 0 Å². The minimum Gasteiger partial charge on any atom is -0.504 e. The topological polar surface area (TPSA) is 81.8 Å². The number of phenolic OH excluding ortho intramolecular Hbond substituents is 1. The van der Waals surface area contributed by atoms with Crippen LogP contribution in [-0.4, -0.2) is 17.8 Å². The van der Waals surface area contributed by atoms with Crippen molar-refractivity contribution < 1.29 is 19.4 Å². The zero-order chi connectivity index (χ0) is 14.5. The van der Waals surface area contributed by atoms with Crippen LogP contribution in [0.5, 0.6) is 17.2 Å². The Morgan fingerprint density at radius 1 is 1.25 bits per heavy atom. The maximum absolute atomic E-state index is 11.1. The number of aryl methyl sites for hydroxylation is 1. The zero-order valence-electron chi connectivity index (χ0n) is 11.8. The Kier molecular flexibility index (Phi) is 4.71. The number of carbonyl (C=O) groups is 1. The molecule has 0 radical (unpaired) electrons. The van der Waals surface area contributed by atoms with Crippen molar-refractivity contribution >= 4 is 5.91 Å². The number of phenols is 1. The van der Waals surface area contributed by atoms with Crippen molar-refractivity contribution in [2.24, 2.45) is 5.73 Å². The van der Waals surface area contributed by atoms with Gasteiger partial charge in [0, 0.05) is 5.56 Å². The van der Waals surface area contributed by atoms with Gasteiger partial charge in [-0.1, -0.05) is 26.2 Å². The molecule has 0 unspecified atom stereocenters. The summed E-state index contributed by atoms with van der Waals surface area (Å²) in [6.45, 7) is 2.27. The fraction of sp³-hybridized carbons (Fsp3) is 0.533. The van der Waals surface area contributed by atoms with Gasteiger partial charge in [0.15, 0.2) is 11.5 Å². The Morgan fingerprint density at radius 2 is 2.00 bits per heavy atom. The van der Waals surface area contributed by atoms with Gasteiger partial charge >= 0.3 is 0 Å². The monoisotopic (exact) mass is 279 g/mol. The number of aromatic hydroxyl groups is 1. The van der Waals surface area contributed by atoms with Crippen LogP contribution in [0, 0.1) is 0 Å². The number of rotatable bonds is 7. The number of nitrogens with two attached hydrogens (primary N) is 1. The largest absolute Gasteiger partial charge is 0.504 e. The molecule has 0 bridgehead atoms. The van der Waals surface area contributed by atoms with Gasteiger partial charge in [-0.2, -0.15) is 0 Å². The van der Waals surface area contributed by atoms with Crippen LogP contribution in [0.3, 0.4) is 0 Å². The van der Waals surface area contributed by atoms with Crippen LogP contribution in [0.2, 0.25) is 0 Å². The number of hydrogen-bond donors (Lipinski definition) is 2. The van der Waals surface area contributed by atoms with Crippen molar-refractivity contribution in [1.82, 2.24) is 0 Å². The number of primary amides is 1. The van der Waals surface area contributed by atoms with E-state index in [0.29, 0.717) is 17.1 Å². The summed E-state index contributed by atoms with van der Waals surface area (Å²) in [6, 6.07) is 1.81. The summed E-state index contributed by atoms with van der Waals surface area (Å²) >= 11 is 0. The lowest BCUT2D eigenvalue weighted by atomic mass is 9.99. The standard InChI is InChI=1S/C15H21NO4/c1-2-3-4-5-6-10-7-11(8-12(16)17)13(18)15-14(10)19-9-20-15/h7,18H,2-6,8-9H2,1H3,(H2,16,17). The van der Waals surface area contributed by atoms with Gasteiger partial charge in [-0.15, -0.1) is 0 Å². The molecule has 0 aromatic heterocycles. The van der Waals surface area contributed by atoms with E-state index in [4.69, 9.17) is 15.2 Å². The SMILES string of the molecule is CCCCCCc1cc(CC(N)=O)c(O)c2c1OCO2. The van der Waals surface area contributed by atoms with E-state index in [2.05, 4.69) is 6.92 Å². The summed E-state index contributed by atoms with van der Waals surface area (Å²) in [5.74, 6) is 0.436. The first kappa shape index (κ1) is 14.5. The van der Waals surface area contributed by atoms with E-state index in [9.17, 15) is 9.90 Å². The number of hydrogen-bond acceptors (Lipinski definition) is 4. The van der Waals surface area contributed by atoms with E-state index < -0.39 is 5.91 Å². The van der Waals surface area contributed by atoms with Crippen LogP contribution in [0.15, 0.2) is 6.07 Å². The highest BCUT2D eigenvalue weighted by atomic mass is 16.7. The van der Waals surface area contributed by atoms with Crippen molar-refractivity contribution in [1.29, 1.82) is 0 Å². The van der Waals surface area contributed by atoms with Crippen molar-refractivity contribution in [3.05, 3.63) is 17.2 Å². The Morgan fingerprint density at radius 3 is 2.70 bits per heavy atom. The van der Waals surface area contributed by atoms with E-state index >= 15 is 0 Å². The van der Waals surface area contributed by atoms with Gasteiger partial charge in [0.25, 0.3) is 0 Å². The van der Waals surface area contributed by atoms with Gasteiger partial charge in [-0.05, 0) is 24.5 Å². The molecule has 0 fully saturated rings. The first-order valence-corrected chi connectivity index (χ1v) is 7.05. The average molecular weight is 279 g/mol. The zero-order valence-corrected chi connectivity index (χ0v) is 11.8. The normalized spacial score (nSPS) is 12.7. The second kappa shape index (κ2) is 6.50. The van der Waals surface area contributed by atoms with Crippen LogP contribution in [0.1, 0.15) is 43.7 Å². The highest BCUT2D eigenvalue weighted by Crippen LogP contribution is 2.45. The molecule has 1 aliphatic heterocycles. The molecule has 5 heteroatoms. The lowest BCUT2D eigenvalue weighted by Crippen LogP contribution is -2.14. The smallest absolute Gasteiger partial charge is 0.231 e. The molecule has 1 heterocycles. The van der Waals surface area contributed by atoms with Gasteiger partial charge in [0.1, 0.15) is 0 Å². The Balaban J connectivity index is 2.21. The maximum Gasteiger partial charge on any atom is 0.231 e. The van der Waals surface area contributed by atoms with E-state index in [1.165, 1.54) is 12.8 Å². The maximum atomic E-state index is 11.1. The van der Waals surface area contributed by atoms with Crippen LogP contribution in [0.25, 0.3) is 0 Å². The van der Waals surface area contributed by atoms with Crippen molar-refractivity contribution in [3.8, 4) is 17.2 Å². The van der Waals surface area contributed by atoms with Crippen LogP contribution in [0.4, 0.5) is 0 Å². The molecule has 0 saturated carbocycles. The molecule has 3 N–H and O–H groups in total. The minimum absolute atomic E-state index is 0.00440. The third kappa shape index (κ3) is 3.15. The third-order valence-corrected chi connectivity index (χ3v) is 3.44. The van der Waals surface area contributed by atoms with Gasteiger partial charge in [0.2, 0.25) is 18.4 Å². The molecule has 0 spiro atoms. The molecular formula is C15H21NO4. The number of fused-ring (bicyclic) bond motifs is 1. The molecule has 20 heavy (non-hydrogen) atoms. The summed E-state index contributed by atoms with van der Waals surface area (Å²) in [6.07, 6.45) is 5.43. The quantitative estimate of drug-likeness (QED) is 0.750. The average Bonchev–Trinajstić information content (AvgIpc) is 2.88. The number of ether oxygens (including phenoxy) is 2. The third-order valence-electron chi connectivity index (χ3n) is 3.44. The summed E-state index contributed by atoms with van der Waals surface area (Å²) in [7, 11) is 0. The van der Waals surface area contributed by atoms with Crippen molar-refractivity contribution in [2.45, 2.75) is 45.4 Å². The predicted molar refractivity (Wildman–Crippen MR) is 75.0 cm³/mol. The fourth-order valence-corrected chi connectivity index (χ4v) is 2.43. The highest BCUT2D eigenvalue weighted by molar-refractivity contribution is 5.78. The molecule has 110 valence electrons. The molecule has 1 aromatic carbocycles. The Bertz CT molecular complexity index is 499. The summed E-state index contributed by atoms with van der Waals surface area (Å²) in [5, 5.41) is 10.1. The first-order chi connectivity index (χ1) is 9.63. The minimum atomic E-state index is -0.476. The Labute approximate surface area is 118 Å². The summed E-state index contributed by atoms with van der Waals surface area (Å²) < 4.78 is 10.7. The molecule has 0 atom stereocenters. The number of unbranched alkanes of at least 4 members (excludes halogenated alkanes) is 3. The Hall–Kier alpha value is -1.91. The summed E-state index contributed by atoms with van der Waals surface area (Å²) in [4.78, 5) is 11.1. The van der Waals surface area contributed by atoms with Crippen LogP contribution in [-0.2, 0) is 17.6 Å². The predicted octanol–water partition coefficient (Wildman–Crippen LogP) is 2.27. The van der Waals surface area contributed by atoms with Crippen LogP contribution < -0.4 is 15.2 Å². The molecular weight excluding hydrogens is 258 g/mol. The highest BCUT2D eigenvalue weighted by Gasteiger charge is 2.25. The van der Waals surface area contributed by atoms with E-state index in [1.807, 2.05) is 0 Å². The van der Waals surface area contributed by atoms with Crippen molar-refractivity contribution in [2.75, 3.05) is 6.79 Å². The molecule has 2 rings (SSSR count). The fourth-order valence-electron chi connectivity index (χ4n) is 2.43. The van der Waals surface area contributed by atoms with E-state index in [0.717, 1.165) is 24.8 Å². The number of amides is 1. The second-order valence-corrected chi connectivity index (χ2v) is 5.06. The second-order valence-electron chi connectivity index (χ2n) is 5.06. The van der Waals surface area contributed by atoms with Gasteiger partial charge in [0.05, 0.1) is 6.42 Å². The van der Waals surface area contributed by atoms with Gasteiger partial charge in [-0.25, -0.2) is 0 Å². The molecule has 1 aromatic rings.